The maximum absolute atomic E-state index is 13.8. The van der Waals surface area contributed by atoms with Gasteiger partial charge in [0.2, 0.25) is 17.7 Å². The molecular weight excluding hydrogens is 434 g/mol. The van der Waals surface area contributed by atoms with Crippen LogP contribution in [-0.2, 0) is 19.1 Å². The van der Waals surface area contributed by atoms with E-state index in [9.17, 15) is 19.5 Å². The zero-order chi connectivity index (χ0) is 23.4. The number of aliphatic hydroxyl groups excluding tert-OH is 1. The van der Waals surface area contributed by atoms with Crippen molar-refractivity contribution in [3.8, 4) is 0 Å². The standard InChI is InChI=1S/C23H30ClN3O5/c1-5-13(11-28)27-18(20(30)26-15-9-7-6-8-14(15)24)23-10-12(2)22(3,32-23)16(19(29)25-4)17(23)21(27)31/h6-9,12-13,16-18,28H,5,10-11H2,1-4H3,(H,25,29)(H,26,30)/t12?,13-,16-,17-,18?,22+,23?/m0/s1. The lowest BCUT2D eigenvalue weighted by Gasteiger charge is -2.36. The summed E-state index contributed by atoms with van der Waals surface area (Å²) >= 11 is 6.25. The Morgan fingerprint density at radius 1 is 1.34 bits per heavy atom. The van der Waals surface area contributed by atoms with Gasteiger partial charge in [-0.3, -0.25) is 14.4 Å². The first kappa shape index (κ1) is 23.0. The second-order valence-corrected chi connectivity index (χ2v) is 9.68. The number of hydrogen-bond acceptors (Lipinski definition) is 5. The van der Waals surface area contributed by atoms with Crippen LogP contribution in [0.2, 0.25) is 5.02 Å². The number of nitrogens with zero attached hydrogens (tertiary/aromatic N) is 1. The quantitative estimate of drug-likeness (QED) is 0.596. The third kappa shape index (κ3) is 2.99. The summed E-state index contributed by atoms with van der Waals surface area (Å²) in [5, 5.41) is 15.9. The number of aliphatic hydroxyl groups is 1. The zero-order valence-corrected chi connectivity index (χ0v) is 19.5. The normalized spacial score (nSPS) is 36.2. The van der Waals surface area contributed by atoms with Gasteiger partial charge in [0.15, 0.2) is 0 Å². The molecule has 3 unspecified atom stereocenters. The number of carbonyl (C=O) groups is 3. The van der Waals surface area contributed by atoms with Crippen LogP contribution in [0.5, 0.6) is 0 Å². The molecule has 174 valence electrons. The number of fused-ring (bicyclic) bond motifs is 1. The van der Waals surface area contributed by atoms with Crippen LogP contribution in [0.3, 0.4) is 0 Å². The van der Waals surface area contributed by atoms with Gasteiger partial charge in [-0.1, -0.05) is 37.6 Å². The van der Waals surface area contributed by atoms with E-state index in [1.54, 1.807) is 24.3 Å². The van der Waals surface area contributed by atoms with Crippen molar-refractivity contribution in [2.45, 2.75) is 56.9 Å². The number of likely N-dealkylation sites (tertiary alicyclic amines) is 1. The van der Waals surface area contributed by atoms with Gasteiger partial charge in [-0.15, -0.1) is 0 Å². The number of rotatable bonds is 6. The summed E-state index contributed by atoms with van der Waals surface area (Å²) < 4.78 is 6.56. The van der Waals surface area contributed by atoms with Gasteiger partial charge in [0, 0.05) is 7.05 Å². The van der Waals surface area contributed by atoms with E-state index in [0.29, 0.717) is 23.6 Å². The first-order valence-corrected chi connectivity index (χ1v) is 11.4. The number of para-hydroxylation sites is 1. The number of halogens is 1. The van der Waals surface area contributed by atoms with Gasteiger partial charge in [-0.25, -0.2) is 0 Å². The first-order chi connectivity index (χ1) is 15.2. The van der Waals surface area contributed by atoms with Crippen LogP contribution >= 0.6 is 11.6 Å². The summed E-state index contributed by atoms with van der Waals surface area (Å²) in [6.07, 6.45) is 0.921. The first-order valence-electron chi connectivity index (χ1n) is 11.1. The molecule has 9 heteroatoms. The minimum atomic E-state index is -1.16. The zero-order valence-electron chi connectivity index (χ0n) is 18.7. The largest absolute Gasteiger partial charge is 0.394 e. The van der Waals surface area contributed by atoms with Crippen molar-refractivity contribution in [3.05, 3.63) is 29.3 Å². The Kier molecular flexibility index (Phi) is 5.76. The highest BCUT2D eigenvalue weighted by Gasteiger charge is 2.80. The van der Waals surface area contributed by atoms with Crippen LogP contribution in [0.15, 0.2) is 24.3 Å². The number of hydrogen-bond donors (Lipinski definition) is 3. The number of benzene rings is 1. The third-order valence-corrected chi connectivity index (χ3v) is 8.07. The van der Waals surface area contributed by atoms with Crippen LogP contribution < -0.4 is 10.6 Å². The Bertz CT molecular complexity index is 953. The molecule has 3 fully saturated rings. The molecule has 3 heterocycles. The minimum absolute atomic E-state index is 0.0429. The third-order valence-electron chi connectivity index (χ3n) is 7.74. The van der Waals surface area contributed by atoms with Gasteiger partial charge in [-0.2, -0.15) is 0 Å². The lowest BCUT2D eigenvalue weighted by Crippen LogP contribution is -2.56. The summed E-state index contributed by atoms with van der Waals surface area (Å²) in [4.78, 5) is 41.9. The number of nitrogens with one attached hydrogen (secondary N) is 2. The Balaban J connectivity index is 1.82. The lowest BCUT2D eigenvalue weighted by atomic mass is 9.62. The Morgan fingerprint density at radius 2 is 2.03 bits per heavy atom. The van der Waals surface area contributed by atoms with Gasteiger partial charge in [0.05, 0.1) is 40.8 Å². The molecule has 3 aliphatic rings. The molecule has 3 N–H and O–H groups in total. The van der Waals surface area contributed by atoms with Crippen LogP contribution in [0, 0.1) is 17.8 Å². The van der Waals surface area contributed by atoms with Gasteiger partial charge < -0.3 is 25.4 Å². The second kappa shape index (κ2) is 8.01. The predicted molar refractivity (Wildman–Crippen MR) is 119 cm³/mol. The van der Waals surface area contributed by atoms with Crippen molar-refractivity contribution in [2.24, 2.45) is 17.8 Å². The molecule has 3 aliphatic heterocycles. The van der Waals surface area contributed by atoms with E-state index in [1.807, 2.05) is 20.8 Å². The highest BCUT2D eigenvalue weighted by Crippen LogP contribution is 2.65. The van der Waals surface area contributed by atoms with Crippen molar-refractivity contribution in [2.75, 3.05) is 19.0 Å². The molecule has 1 spiro atoms. The van der Waals surface area contributed by atoms with E-state index in [0.717, 1.165) is 0 Å². The number of ether oxygens (including phenoxy) is 1. The molecule has 3 saturated heterocycles. The van der Waals surface area contributed by atoms with Gasteiger partial charge in [0.1, 0.15) is 11.6 Å². The predicted octanol–water partition coefficient (Wildman–Crippen LogP) is 1.81. The second-order valence-electron chi connectivity index (χ2n) is 9.28. The molecule has 0 aliphatic carbocycles. The molecule has 4 rings (SSSR count). The summed E-state index contributed by atoms with van der Waals surface area (Å²) in [7, 11) is 1.54. The SMILES string of the molecule is CC[C@@H](CO)N1C(=O)[C@@H]2[C@@H](C(=O)NC)[C@]3(C)OC2(CC3C)C1C(=O)Nc1ccccc1Cl. The molecule has 7 atom stereocenters. The lowest BCUT2D eigenvalue weighted by molar-refractivity contribution is -0.149. The molecule has 0 saturated carbocycles. The average molecular weight is 464 g/mol. The minimum Gasteiger partial charge on any atom is -0.394 e. The van der Waals surface area contributed by atoms with E-state index >= 15 is 0 Å². The van der Waals surface area contributed by atoms with E-state index in [-0.39, 0.29) is 24.3 Å². The van der Waals surface area contributed by atoms with Crippen molar-refractivity contribution in [3.63, 3.8) is 0 Å². The fraction of sp³-hybridized carbons (Fsp3) is 0.609. The van der Waals surface area contributed by atoms with E-state index in [2.05, 4.69) is 10.6 Å². The highest BCUT2D eigenvalue weighted by atomic mass is 35.5. The molecular formula is C23H30ClN3O5. The number of anilines is 1. The van der Waals surface area contributed by atoms with Crippen LogP contribution in [0.4, 0.5) is 5.69 Å². The Hall–Kier alpha value is -2.16. The van der Waals surface area contributed by atoms with Crippen molar-refractivity contribution < 1.29 is 24.2 Å². The fourth-order valence-electron chi connectivity index (χ4n) is 6.10. The molecule has 1 aromatic carbocycles. The Labute approximate surface area is 192 Å². The van der Waals surface area contributed by atoms with E-state index in [1.165, 1.54) is 11.9 Å². The molecule has 8 nitrogen and oxygen atoms in total. The molecule has 3 amide bonds. The number of carbonyl (C=O) groups excluding carboxylic acids is 3. The molecule has 0 aromatic heterocycles. The van der Waals surface area contributed by atoms with Crippen LogP contribution in [0.25, 0.3) is 0 Å². The molecule has 32 heavy (non-hydrogen) atoms. The van der Waals surface area contributed by atoms with Gasteiger partial charge in [0.25, 0.3) is 0 Å². The summed E-state index contributed by atoms with van der Waals surface area (Å²) in [6.45, 7) is 5.40. The maximum Gasteiger partial charge on any atom is 0.250 e. The smallest absolute Gasteiger partial charge is 0.250 e. The van der Waals surface area contributed by atoms with Crippen molar-refractivity contribution in [1.29, 1.82) is 0 Å². The molecule has 0 radical (unpaired) electrons. The summed E-state index contributed by atoms with van der Waals surface area (Å²) in [5.41, 5.74) is -1.59. The summed E-state index contributed by atoms with van der Waals surface area (Å²) in [6, 6.07) is 5.30. The van der Waals surface area contributed by atoms with E-state index in [4.69, 9.17) is 16.3 Å². The summed E-state index contributed by atoms with van der Waals surface area (Å²) in [5.74, 6) is -2.60. The van der Waals surface area contributed by atoms with E-state index < -0.39 is 41.0 Å². The van der Waals surface area contributed by atoms with Crippen molar-refractivity contribution in [1.82, 2.24) is 10.2 Å². The van der Waals surface area contributed by atoms with Gasteiger partial charge in [-0.05, 0) is 37.8 Å². The Morgan fingerprint density at radius 3 is 2.62 bits per heavy atom. The molecule has 1 aromatic rings. The van der Waals surface area contributed by atoms with Crippen LogP contribution in [0.1, 0.15) is 33.6 Å². The van der Waals surface area contributed by atoms with Crippen LogP contribution in [-0.4, -0.2) is 64.7 Å². The monoisotopic (exact) mass is 463 g/mol. The van der Waals surface area contributed by atoms with Gasteiger partial charge >= 0.3 is 0 Å². The van der Waals surface area contributed by atoms with Crippen molar-refractivity contribution >= 4 is 35.0 Å². The average Bonchev–Trinajstić information content (AvgIpc) is 3.27. The molecule has 2 bridgehead atoms. The maximum atomic E-state index is 13.8. The fourth-order valence-corrected chi connectivity index (χ4v) is 6.29. The topological polar surface area (TPSA) is 108 Å². The number of amides is 3. The highest BCUT2D eigenvalue weighted by molar-refractivity contribution is 6.33.